The minimum Gasteiger partial charge on any atom is -0.462 e. The molecule has 0 aromatic carbocycles. The summed E-state index contributed by atoms with van der Waals surface area (Å²) < 4.78 is 16.9. The summed E-state index contributed by atoms with van der Waals surface area (Å²) >= 11 is 0. The molecule has 0 N–H and O–H groups in total. The maximum atomic E-state index is 12.9. The van der Waals surface area contributed by atoms with Gasteiger partial charge in [0, 0.05) is 19.3 Å². The van der Waals surface area contributed by atoms with Crippen LogP contribution in [0, 0.1) is 0 Å². The van der Waals surface area contributed by atoms with Gasteiger partial charge in [-0.15, -0.1) is 0 Å². The van der Waals surface area contributed by atoms with Gasteiger partial charge >= 0.3 is 17.9 Å². The van der Waals surface area contributed by atoms with Crippen LogP contribution in [0.4, 0.5) is 0 Å². The SMILES string of the molecule is CC/C=C\C/C=C\C/C=C\C/C=C\C/C=C\C/C=C\C/C=C\C/C=C\C/C=C\CCCCCC(=O)OCC(COC(=O)CCCCCCC/C=C\CCCCCCC)OC(=O)CCCCCCCCC/C=C\C/C=C\CCCCCC. The Kier molecular flexibility index (Phi) is 63.9. The molecule has 0 aromatic heterocycles. The first kappa shape index (κ1) is 76.3. The predicted molar refractivity (Wildman–Crippen MR) is 352 cm³/mol. The molecule has 0 aliphatic rings. The fourth-order valence-corrected chi connectivity index (χ4v) is 8.81. The standard InChI is InChI=1S/C75H122O6/c1-4-7-10-13-16-19-22-25-28-30-32-33-34-35-36-37-38-39-40-41-42-43-44-46-47-50-53-56-59-62-65-68-74(77)80-71-72(70-79-73(76)67-64-61-58-55-52-49-27-24-21-18-15-12-9-6-3)81-75(78)69-66-63-60-57-54-51-48-45-31-29-26-23-20-17-14-11-8-5-2/h7,10,16,19-20,23-25,27-29,31-33,35-36,38-39,41-42,44,46,50,53,72H,4-6,8-9,11-15,17-18,21-22,26,30,34,37,40,43,45,47-49,51-52,54-71H2,1-3H3/b10-7-,19-16-,23-20-,27-24-,28-25-,31-29-,33-32-,36-35-,39-38-,42-41-,46-44-,53-50-. The van der Waals surface area contributed by atoms with Gasteiger partial charge in [0.15, 0.2) is 6.10 Å². The summed E-state index contributed by atoms with van der Waals surface area (Å²) in [6, 6.07) is 0. The maximum Gasteiger partial charge on any atom is 0.306 e. The molecular formula is C75H122O6. The first-order valence-electron chi connectivity index (χ1n) is 33.3. The van der Waals surface area contributed by atoms with Crippen molar-refractivity contribution in [2.24, 2.45) is 0 Å². The number of carbonyl (C=O) groups is 3. The van der Waals surface area contributed by atoms with Gasteiger partial charge in [0.2, 0.25) is 0 Å². The van der Waals surface area contributed by atoms with Crippen LogP contribution in [-0.2, 0) is 28.6 Å². The van der Waals surface area contributed by atoms with Crippen LogP contribution in [0.5, 0.6) is 0 Å². The van der Waals surface area contributed by atoms with Crippen LogP contribution in [0.25, 0.3) is 0 Å². The number of rotatable bonds is 59. The summed E-state index contributed by atoms with van der Waals surface area (Å²) in [4.78, 5) is 38.3. The quantitative estimate of drug-likeness (QED) is 0.0261. The number of esters is 3. The number of hydrogen-bond acceptors (Lipinski definition) is 6. The zero-order valence-corrected chi connectivity index (χ0v) is 52.5. The molecule has 0 spiro atoms. The van der Waals surface area contributed by atoms with Crippen molar-refractivity contribution in [3.63, 3.8) is 0 Å². The molecule has 6 heteroatoms. The molecule has 458 valence electrons. The number of ether oxygens (including phenoxy) is 3. The van der Waals surface area contributed by atoms with Gasteiger partial charge < -0.3 is 14.2 Å². The lowest BCUT2D eigenvalue weighted by molar-refractivity contribution is -0.167. The Hall–Kier alpha value is -4.71. The molecule has 6 nitrogen and oxygen atoms in total. The van der Waals surface area contributed by atoms with Gasteiger partial charge in [0.25, 0.3) is 0 Å². The fraction of sp³-hybridized carbons (Fsp3) is 0.640. The van der Waals surface area contributed by atoms with E-state index in [1.54, 1.807) is 0 Å². The Morgan fingerprint density at radius 2 is 0.481 bits per heavy atom. The normalized spacial score (nSPS) is 13.1. The molecule has 81 heavy (non-hydrogen) atoms. The van der Waals surface area contributed by atoms with Crippen molar-refractivity contribution in [2.45, 2.75) is 297 Å². The lowest BCUT2D eigenvalue weighted by Crippen LogP contribution is -2.30. The fourth-order valence-electron chi connectivity index (χ4n) is 8.81. The second-order valence-corrected chi connectivity index (χ2v) is 21.6. The summed E-state index contributed by atoms with van der Waals surface area (Å²) in [5.74, 6) is -0.948. The van der Waals surface area contributed by atoms with Crippen LogP contribution in [-0.4, -0.2) is 37.2 Å². The van der Waals surface area contributed by atoms with Crippen LogP contribution in [0.1, 0.15) is 290 Å². The van der Waals surface area contributed by atoms with Crippen molar-refractivity contribution in [2.75, 3.05) is 13.2 Å². The van der Waals surface area contributed by atoms with Crippen molar-refractivity contribution in [1.29, 1.82) is 0 Å². The molecule has 0 aromatic rings. The zero-order valence-electron chi connectivity index (χ0n) is 52.5. The number of carbonyl (C=O) groups excluding carboxylic acids is 3. The van der Waals surface area contributed by atoms with E-state index in [1.807, 2.05) is 0 Å². The lowest BCUT2D eigenvalue weighted by atomic mass is 10.1. The van der Waals surface area contributed by atoms with Gasteiger partial charge in [-0.05, 0) is 148 Å². The Balaban J connectivity index is 4.42. The van der Waals surface area contributed by atoms with Crippen LogP contribution < -0.4 is 0 Å². The summed E-state index contributed by atoms with van der Waals surface area (Å²) in [6.07, 6.45) is 97.1. The summed E-state index contributed by atoms with van der Waals surface area (Å²) in [5.41, 5.74) is 0. The molecule has 1 unspecified atom stereocenters. The molecule has 0 fully saturated rings. The summed E-state index contributed by atoms with van der Waals surface area (Å²) in [6.45, 7) is 6.47. The molecule has 0 bridgehead atoms. The Labute approximate surface area is 499 Å². The number of hydrogen-bond donors (Lipinski definition) is 0. The topological polar surface area (TPSA) is 78.9 Å². The lowest BCUT2D eigenvalue weighted by Gasteiger charge is -2.18. The van der Waals surface area contributed by atoms with Crippen LogP contribution >= 0.6 is 0 Å². The van der Waals surface area contributed by atoms with Crippen molar-refractivity contribution < 1.29 is 28.6 Å². The maximum absolute atomic E-state index is 12.9. The van der Waals surface area contributed by atoms with E-state index < -0.39 is 6.10 Å². The Bertz CT molecular complexity index is 1760. The summed E-state index contributed by atoms with van der Waals surface area (Å²) in [5, 5.41) is 0. The van der Waals surface area contributed by atoms with Crippen LogP contribution in [0.3, 0.4) is 0 Å². The molecule has 0 aliphatic carbocycles. The third-order valence-corrected chi connectivity index (χ3v) is 13.8. The Morgan fingerprint density at radius 1 is 0.259 bits per heavy atom. The second kappa shape index (κ2) is 67.8. The average Bonchev–Trinajstić information content (AvgIpc) is 3.47. The highest BCUT2D eigenvalue weighted by molar-refractivity contribution is 5.71. The molecule has 0 amide bonds. The zero-order chi connectivity index (χ0) is 58.5. The van der Waals surface area contributed by atoms with E-state index in [1.165, 1.54) is 103 Å². The van der Waals surface area contributed by atoms with E-state index in [2.05, 4.69) is 167 Å². The molecule has 1 atom stereocenters. The monoisotopic (exact) mass is 1120 g/mol. The molecule has 0 radical (unpaired) electrons. The highest BCUT2D eigenvalue weighted by atomic mass is 16.6. The van der Waals surface area contributed by atoms with E-state index in [9.17, 15) is 14.4 Å². The highest BCUT2D eigenvalue weighted by Crippen LogP contribution is 2.14. The second-order valence-electron chi connectivity index (χ2n) is 21.6. The van der Waals surface area contributed by atoms with Gasteiger partial charge in [0.05, 0.1) is 0 Å². The molecule has 0 aliphatic heterocycles. The first-order valence-corrected chi connectivity index (χ1v) is 33.3. The Morgan fingerprint density at radius 3 is 0.790 bits per heavy atom. The predicted octanol–water partition coefficient (Wildman–Crippen LogP) is 23.1. The molecular weight excluding hydrogens is 997 g/mol. The minimum atomic E-state index is -0.807. The largest absolute Gasteiger partial charge is 0.462 e. The van der Waals surface area contributed by atoms with E-state index in [0.29, 0.717) is 19.3 Å². The minimum absolute atomic E-state index is 0.100. The van der Waals surface area contributed by atoms with E-state index in [-0.39, 0.29) is 31.1 Å². The van der Waals surface area contributed by atoms with Gasteiger partial charge in [0.1, 0.15) is 13.2 Å². The number of allylic oxidation sites excluding steroid dienone is 24. The van der Waals surface area contributed by atoms with Gasteiger partial charge in [-0.25, -0.2) is 0 Å². The van der Waals surface area contributed by atoms with Gasteiger partial charge in [-0.3, -0.25) is 14.4 Å². The molecule has 0 heterocycles. The van der Waals surface area contributed by atoms with Gasteiger partial charge in [-0.1, -0.05) is 269 Å². The summed E-state index contributed by atoms with van der Waals surface area (Å²) in [7, 11) is 0. The average molecular weight is 1120 g/mol. The van der Waals surface area contributed by atoms with Crippen molar-refractivity contribution in [3.8, 4) is 0 Å². The molecule has 0 saturated heterocycles. The van der Waals surface area contributed by atoms with Crippen molar-refractivity contribution >= 4 is 17.9 Å². The molecule has 0 saturated carbocycles. The van der Waals surface area contributed by atoms with E-state index >= 15 is 0 Å². The van der Waals surface area contributed by atoms with E-state index in [4.69, 9.17) is 14.2 Å². The van der Waals surface area contributed by atoms with Crippen LogP contribution in [0.15, 0.2) is 146 Å². The highest BCUT2D eigenvalue weighted by Gasteiger charge is 2.19. The number of unbranched alkanes of at least 4 members (excludes halogenated alkanes) is 24. The van der Waals surface area contributed by atoms with Crippen molar-refractivity contribution in [1.82, 2.24) is 0 Å². The first-order chi connectivity index (χ1) is 40.0. The van der Waals surface area contributed by atoms with Crippen molar-refractivity contribution in [3.05, 3.63) is 146 Å². The van der Waals surface area contributed by atoms with Gasteiger partial charge in [-0.2, -0.15) is 0 Å². The third kappa shape index (κ3) is 66.0. The molecule has 0 rings (SSSR count). The third-order valence-electron chi connectivity index (χ3n) is 13.8. The van der Waals surface area contributed by atoms with E-state index in [0.717, 1.165) is 148 Å². The smallest absolute Gasteiger partial charge is 0.306 e. The van der Waals surface area contributed by atoms with Crippen LogP contribution in [0.2, 0.25) is 0 Å².